The largest absolute Gasteiger partial charge is 0.508 e. The van der Waals surface area contributed by atoms with Gasteiger partial charge in [-0.3, -0.25) is 43.2 Å². The lowest BCUT2D eigenvalue weighted by molar-refractivity contribution is -0.355. The molecule has 141 heavy (non-hydrogen) atoms. The first-order valence-corrected chi connectivity index (χ1v) is 45.8. The van der Waals surface area contributed by atoms with Gasteiger partial charge in [-0.05, 0) is 147 Å². The summed E-state index contributed by atoms with van der Waals surface area (Å²) in [6, 6.07) is 9.50. The monoisotopic (exact) mass is 1990 g/mol. The van der Waals surface area contributed by atoms with Gasteiger partial charge in [0.25, 0.3) is 5.91 Å². The van der Waals surface area contributed by atoms with E-state index in [2.05, 4.69) is 61.7 Å². The van der Waals surface area contributed by atoms with Crippen molar-refractivity contribution in [3.05, 3.63) is 211 Å². The Morgan fingerprint density at radius 3 is 1.81 bits per heavy atom. The number of aliphatic hydroxyl groups is 10. The van der Waals surface area contributed by atoms with Gasteiger partial charge >= 0.3 is 5.97 Å². The van der Waals surface area contributed by atoms with Gasteiger partial charge in [0.15, 0.2) is 47.7 Å². The van der Waals surface area contributed by atoms with Gasteiger partial charge in [-0.1, -0.05) is 123 Å². The number of carbonyl (C=O) groups is 10. The van der Waals surface area contributed by atoms with Gasteiger partial charge in [-0.25, -0.2) is 4.79 Å². The third kappa shape index (κ3) is 21.2. The summed E-state index contributed by atoms with van der Waals surface area (Å²) in [5.41, 5.74) is 2.83. The number of fused-ring (bicyclic) bond motifs is 11. The van der Waals surface area contributed by atoms with E-state index in [-0.39, 0.29) is 46.4 Å². The van der Waals surface area contributed by atoms with Crippen molar-refractivity contribution in [3.8, 4) is 68.6 Å². The molecule has 8 aromatic carbocycles. The van der Waals surface area contributed by atoms with E-state index in [1.165, 1.54) is 30.3 Å². The number of nitrogens with two attached hydrogens (primary N) is 1. The Hall–Kier alpha value is -13.0. The number of unbranched alkanes of at least 4 members (excludes halogenated alkanes) is 3. The number of carboxylic acid groups (broad SMARTS) is 1. The molecule has 25 N–H and O–H groups in total. The highest BCUT2D eigenvalue weighted by atomic mass is 35.5. The van der Waals surface area contributed by atoms with Crippen LogP contribution in [0.25, 0.3) is 11.1 Å². The molecule has 3 saturated heterocycles. The van der Waals surface area contributed by atoms with Gasteiger partial charge in [0, 0.05) is 43.5 Å². The zero-order chi connectivity index (χ0) is 101. The van der Waals surface area contributed by atoms with Crippen molar-refractivity contribution in [2.45, 2.75) is 218 Å². The van der Waals surface area contributed by atoms with E-state index in [9.17, 15) is 95.5 Å². The average Bonchev–Trinajstić information content (AvgIpc) is 1.55. The van der Waals surface area contributed by atoms with Crippen molar-refractivity contribution in [1.29, 1.82) is 0 Å². The summed E-state index contributed by atoms with van der Waals surface area (Å²) in [4.78, 5) is 155. The number of benzene rings is 8. The Kier molecular flexibility index (Phi) is 30.1. The number of aromatic hydroxyl groups is 3. The zero-order valence-corrected chi connectivity index (χ0v) is 76.6. The number of aliphatic carboxylic acids is 1. The summed E-state index contributed by atoms with van der Waals surface area (Å²) in [7, 11) is 0. The van der Waals surface area contributed by atoms with Gasteiger partial charge in [0.2, 0.25) is 65.1 Å². The van der Waals surface area contributed by atoms with E-state index in [0.717, 1.165) is 111 Å². The molecule has 9 heterocycles. The van der Waals surface area contributed by atoms with Crippen molar-refractivity contribution in [2.24, 2.45) is 11.7 Å². The second-order valence-electron chi connectivity index (χ2n) is 35.8. The Bertz CT molecular complexity index is 6170. The molecule has 8 aromatic rings. The minimum Gasteiger partial charge on any atom is -0.508 e. The summed E-state index contributed by atoms with van der Waals surface area (Å²) in [6.45, 7) is 2.80. The molecular formula is C96H102Cl2N10O33. The number of amides is 9. The molecule has 1 unspecified atom stereocenters. The number of rotatable bonds is 21. The molecule has 17 bridgehead atoms. The number of ether oxygens (including phenoxy) is 9. The van der Waals surface area contributed by atoms with Crippen molar-refractivity contribution in [1.82, 2.24) is 47.9 Å². The quantitative estimate of drug-likeness (QED) is 0.0360. The topological polar surface area (TPSA) is 671 Å². The number of phenols is 3. The fourth-order valence-corrected chi connectivity index (χ4v) is 18.7. The summed E-state index contributed by atoms with van der Waals surface area (Å²) in [6.07, 6.45) is -27.2. The maximum Gasteiger partial charge on any atom is 0.330 e. The molecule has 0 aromatic heterocycles. The number of hydrogen-bond acceptors (Lipinski definition) is 33. The van der Waals surface area contributed by atoms with E-state index < -0.39 is 320 Å². The fraction of sp³-hybridized carbons (Fsp3) is 0.396. The molecule has 24 atom stereocenters. The minimum absolute atomic E-state index is 0.0207. The number of carboxylic acids is 1. The van der Waals surface area contributed by atoms with Gasteiger partial charge < -0.3 is 168 Å². The summed E-state index contributed by atoms with van der Waals surface area (Å²) in [5.74, 6) is -21.8. The van der Waals surface area contributed by atoms with Crippen molar-refractivity contribution in [2.75, 3.05) is 13.2 Å². The minimum atomic E-state index is -3.19. The van der Waals surface area contributed by atoms with Crippen LogP contribution in [-0.2, 0) is 90.4 Å². The smallest absolute Gasteiger partial charge is 0.330 e. The Balaban J connectivity index is 0.950. The summed E-state index contributed by atoms with van der Waals surface area (Å²) < 4.78 is 58.3. The molecule has 9 amide bonds. The highest BCUT2D eigenvalue weighted by Gasteiger charge is 2.56. The van der Waals surface area contributed by atoms with Gasteiger partial charge in [-0.2, -0.15) is 0 Å². The van der Waals surface area contributed by atoms with E-state index in [1.54, 1.807) is 30.3 Å². The van der Waals surface area contributed by atoms with Gasteiger partial charge in [-0.15, -0.1) is 0 Å². The van der Waals surface area contributed by atoms with Crippen LogP contribution in [-0.4, -0.2) is 248 Å². The first-order chi connectivity index (χ1) is 67.2. The molecule has 0 saturated carbocycles. The van der Waals surface area contributed by atoms with Crippen molar-refractivity contribution >= 4 is 82.3 Å². The number of halogens is 2. The fourth-order valence-electron chi connectivity index (χ4n) is 18.2. The summed E-state index contributed by atoms with van der Waals surface area (Å²) in [5, 5.41) is 185. The van der Waals surface area contributed by atoms with Crippen LogP contribution in [0.1, 0.15) is 151 Å². The summed E-state index contributed by atoms with van der Waals surface area (Å²) >= 11 is 14.9. The number of phenolic OH excluding ortho intramolecular Hbond substituents is 3. The van der Waals surface area contributed by atoms with Crippen LogP contribution in [0.4, 0.5) is 0 Å². The predicted octanol–water partition coefficient (Wildman–Crippen LogP) is 1.78. The highest BCUT2D eigenvalue weighted by Crippen LogP contribution is 2.55. The first kappa shape index (κ1) is 101. The van der Waals surface area contributed by atoms with E-state index in [0.29, 0.717) is 24.3 Å². The first-order valence-electron chi connectivity index (χ1n) is 45.1. The third-order valence-corrected chi connectivity index (χ3v) is 26.1. The molecule has 748 valence electrons. The van der Waals surface area contributed by atoms with E-state index in [1.807, 2.05) is 0 Å². The third-order valence-electron chi connectivity index (χ3n) is 25.5. The molecule has 10 aliphatic rings. The molecule has 3 fully saturated rings. The second-order valence-corrected chi connectivity index (χ2v) is 36.6. The zero-order valence-electron chi connectivity index (χ0n) is 75.1. The Morgan fingerprint density at radius 2 is 1.14 bits per heavy atom. The van der Waals surface area contributed by atoms with Crippen molar-refractivity contribution in [3.63, 3.8) is 0 Å². The molecular weight excluding hydrogens is 1890 g/mol. The van der Waals surface area contributed by atoms with Crippen LogP contribution in [0.3, 0.4) is 0 Å². The molecule has 1 aliphatic carbocycles. The van der Waals surface area contributed by atoms with Crippen LogP contribution >= 0.6 is 23.2 Å². The van der Waals surface area contributed by atoms with Gasteiger partial charge in [0.05, 0.1) is 23.3 Å². The lowest BCUT2D eigenvalue weighted by atomic mass is 9.90. The normalized spacial score (nSPS) is 29.0. The van der Waals surface area contributed by atoms with Crippen LogP contribution in [0.5, 0.6) is 57.5 Å². The maximum atomic E-state index is 17.2. The predicted molar refractivity (Wildman–Crippen MR) is 486 cm³/mol. The van der Waals surface area contributed by atoms with Crippen LogP contribution in [0, 0.1) is 5.92 Å². The van der Waals surface area contributed by atoms with Crippen molar-refractivity contribution < 1.29 is 162 Å². The number of aliphatic hydroxyl groups excluding tert-OH is 9. The molecule has 0 spiro atoms. The van der Waals surface area contributed by atoms with Crippen LogP contribution in [0.15, 0.2) is 146 Å². The molecule has 43 nitrogen and oxygen atoms in total. The van der Waals surface area contributed by atoms with Crippen LogP contribution in [0.2, 0.25) is 10.0 Å². The Labute approximate surface area is 811 Å². The SMILES string of the molecule is CC(=O)N[C@H]1[C@H](O[C@@H]2c3ccc(c(Cl)c3)Oc3cc4cc(c3O[C@@H]3O[C@H](C(=O)NCc5ccccc5)[C@@H](O)[C@H](O)[C@H]3NC(=O)CCCCCCC(C)C)Oc3ccc(cc3Cl)C[C@H]3NC(=O)[C@H](N)c5ccc(O)c(c5)Oc5cc(O)cc(c5)[C@H](NC3=O)C(=O)N[C@H]4C(=O)N[C@H]3C(=O)N[C@@H]2C(=O)N[C@H](C(=O)O)c2cc(O)cc4c2-c2cc3ccc2C4(O)O[C@H]2O[C@H](CO)[C@@H](O)[C@H](O)[C@@H]2O)O[C@H](CO)[C@@H](O)[C@@H]1O. The molecule has 0 radical (unpaired) electrons. The lowest BCUT2D eigenvalue weighted by Crippen LogP contribution is -2.67. The maximum absolute atomic E-state index is 17.2. The molecule has 9 aliphatic heterocycles. The average molecular weight is 1990 g/mol. The Morgan fingerprint density at radius 1 is 0.539 bits per heavy atom. The van der Waals surface area contributed by atoms with Crippen LogP contribution < -0.4 is 72.5 Å². The molecule has 18 rings (SSSR count). The van der Waals surface area contributed by atoms with E-state index >= 15 is 24.0 Å². The van der Waals surface area contributed by atoms with E-state index in [4.69, 9.17) is 71.6 Å². The number of nitrogens with one attached hydrogen (secondary N) is 9. The van der Waals surface area contributed by atoms with Gasteiger partial charge in [0.1, 0.15) is 138 Å². The second kappa shape index (κ2) is 42.0. The number of hydrogen-bond donors (Lipinski definition) is 24. The molecule has 45 heteroatoms. The number of carbonyl (C=O) groups excluding carboxylic acids is 9. The standard InChI is InChI=1S/C96H102Cl2N10O33/c1-38(2)11-7-4-5-10-14-65(115)103-73-78(119)80(121)84(91(129)100-35-40-12-8-6-9-13-40)140-94(73)139-83-61-30-46-31-62(83)135-59-22-18-44(28-55(59)98)82(138-93-72(101-39(3)111)77(118)75(116)63(36-109)136-93)74-90(128)107-71(92(130)131)51-33-48(113)34-53-66(51)50-27-43(16-19-52(50)96(53,132)141-95-81(122)79(120)76(117)64(37-110)137-95)68(87(125)108-74)105-89(127)70(46)106-88(126)69-45-25-47(112)32-49(26-45)133-60-29-42(17-20-57(60)114)67(99)86(124)102-56(85(123)104-69)24-41-15-21-58(134-61)54(97)23-41/h6,8-9,12-13,15-23,25-34,38,56,63-64,67-82,84,93-95,109-110,112-114,116-122,132H,4-5,7,10-11,14,24,35-37,99H2,1-3H3,(H,100,129)(H,101,111)(H,102,124)(H,103,115)(H,104,123)(H,105,127)(H,106,126)(H,107,128)(H,108,125)(H,130,131)/t56-,63-,64-,67-,68-,69+,70-,71+,72-,73-,74+,75-,76-,77-,78-,79+,80+,81+,82-,84+,93+,94-,95-,96?/m1/s1. The highest BCUT2D eigenvalue weighted by molar-refractivity contribution is 6.32. The lowest BCUT2D eigenvalue weighted by Gasteiger charge is -2.44.